The number of hydrogen-bond acceptors (Lipinski definition) is 2. The van der Waals surface area contributed by atoms with E-state index in [1.807, 2.05) is 19.1 Å². The molecule has 2 nitrogen and oxygen atoms in total. The molecule has 14 heavy (non-hydrogen) atoms. The topological polar surface area (TPSA) is 39.2 Å². The van der Waals surface area contributed by atoms with Gasteiger partial charge in [0.05, 0.1) is 6.26 Å². The summed E-state index contributed by atoms with van der Waals surface area (Å²) in [5.41, 5.74) is 5.92. The molecule has 0 saturated carbocycles. The van der Waals surface area contributed by atoms with Gasteiger partial charge >= 0.3 is 0 Å². The Hall–Kier alpha value is -1.20. The summed E-state index contributed by atoms with van der Waals surface area (Å²) < 4.78 is 5.23. The fourth-order valence-corrected chi connectivity index (χ4v) is 1.31. The van der Waals surface area contributed by atoms with Crippen molar-refractivity contribution in [1.82, 2.24) is 0 Å². The van der Waals surface area contributed by atoms with Gasteiger partial charge in [0.1, 0.15) is 5.76 Å². The molecule has 0 fully saturated rings. The average Bonchev–Trinajstić information content (AvgIpc) is 2.68. The molecule has 1 rings (SSSR count). The maximum absolute atomic E-state index is 5.92. The lowest BCUT2D eigenvalue weighted by Crippen LogP contribution is -2.20. The number of rotatable bonds is 5. The standard InChI is InChI=1S/C12H17NO/c1-2-3-4-6-11(13)8-9-12-7-5-10-14-12/h5,7,10-11H,4,6,8-9,13H2,1H3. The van der Waals surface area contributed by atoms with E-state index in [2.05, 4.69) is 11.8 Å². The second-order valence-electron chi connectivity index (χ2n) is 3.34. The zero-order valence-electron chi connectivity index (χ0n) is 8.62. The van der Waals surface area contributed by atoms with E-state index in [1.54, 1.807) is 6.26 Å². The van der Waals surface area contributed by atoms with Crippen LogP contribution in [-0.2, 0) is 6.42 Å². The fraction of sp³-hybridized carbons (Fsp3) is 0.500. The highest BCUT2D eigenvalue weighted by Gasteiger charge is 2.03. The Balaban J connectivity index is 2.14. The van der Waals surface area contributed by atoms with Crippen molar-refractivity contribution in [1.29, 1.82) is 0 Å². The Kier molecular flexibility index (Phi) is 4.88. The number of aryl methyl sites for hydroxylation is 1. The number of hydrogen-bond donors (Lipinski definition) is 1. The monoisotopic (exact) mass is 191 g/mol. The smallest absolute Gasteiger partial charge is 0.103 e. The molecule has 2 heteroatoms. The highest BCUT2D eigenvalue weighted by atomic mass is 16.3. The second kappa shape index (κ2) is 6.28. The van der Waals surface area contributed by atoms with Gasteiger partial charge in [0.2, 0.25) is 0 Å². The highest BCUT2D eigenvalue weighted by molar-refractivity contribution is 4.99. The Morgan fingerprint density at radius 3 is 3.00 bits per heavy atom. The predicted molar refractivity (Wildman–Crippen MR) is 57.7 cm³/mol. The Morgan fingerprint density at radius 1 is 1.50 bits per heavy atom. The maximum atomic E-state index is 5.92. The molecular formula is C12H17NO. The zero-order chi connectivity index (χ0) is 10.2. The van der Waals surface area contributed by atoms with Gasteiger partial charge in [0, 0.05) is 18.9 Å². The summed E-state index contributed by atoms with van der Waals surface area (Å²) in [4.78, 5) is 0. The molecule has 0 saturated heterocycles. The fourth-order valence-electron chi connectivity index (χ4n) is 1.31. The first-order valence-corrected chi connectivity index (χ1v) is 5.00. The van der Waals surface area contributed by atoms with Crippen LogP contribution in [0.3, 0.4) is 0 Å². The molecule has 1 heterocycles. The number of nitrogens with two attached hydrogens (primary N) is 1. The Morgan fingerprint density at radius 2 is 2.36 bits per heavy atom. The molecule has 76 valence electrons. The van der Waals surface area contributed by atoms with E-state index in [1.165, 1.54) is 0 Å². The summed E-state index contributed by atoms with van der Waals surface area (Å²) in [5, 5.41) is 0. The van der Waals surface area contributed by atoms with Crippen molar-refractivity contribution in [3.8, 4) is 11.8 Å². The van der Waals surface area contributed by atoms with Gasteiger partial charge in [-0.05, 0) is 31.9 Å². The van der Waals surface area contributed by atoms with Crippen LogP contribution in [0.25, 0.3) is 0 Å². The van der Waals surface area contributed by atoms with Crippen LogP contribution in [-0.4, -0.2) is 6.04 Å². The van der Waals surface area contributed by atoms with Gasteiger partial charge in [0.25, 0.3) is 0 Å². The molecule has 1 aromatic rings. The van der Waals surface area contributed by atoms with Crippen molar-refractivity contribution in [2.75, 3.05) is 0 Å². The van der Waals surface area contributed by atoms with Crippen LogP contribution < -0.4 is 5.73 Å². The van der Waals surface area contributed by atoms with Gasteiger partial charge in [-0.2, -0.15) is 0 Å². The van der Waals surface area contributed by atoms with Gasteiger partial charge in [-0.15, -0.1) is 11.8 Å². The van der Waals surface area contributed by atoms with Gasteiger partial charge in [0.15, 0.2) is 0 Å². The van der Waals surface area contributed by atoms with Gasteiger partial charge in [-0.3, -0.25) is 0 Å². The summed E-state index contributed by atoms with van der Waals surface area (Å²) >= 11 is 0. The molecule has 1 atom stereocenters. The van der Waals surface area contributed by atoms with E-state index in [9.17, 15) is 0 Å². The molecule has 2 N–H and O–H groups in total. The molecule has 1 aromatic heterocycles. The van der Waals surface area contributed by atoms with E-state index in [-0.39, 0.29) is 6.04 Å². The largest absolute Gasteiger partial charge is 0.469 e. The van der Waals surface area contributed by atoms with E-state index >= 15 is 0 Å². The predicted octanol–water partition coefficient (Wildman–Crippen LogP) is 2.34. The van der Waals surface area contributed by atoms with Crippen LogP contribution in [0, 0.1) is 11.8 Å². The average molecular weight is 191 g/mol. The van der Waals surface area contributed by atoms with Crippen LogP contribution in [0.5, 0.6) is 0 Å². The van der Waals surface area contributed by atoms with Crippen LogP contribution >= 0.6 is 0 Å². The first-order chi connectivity index (χ1) is 6.83. The summed E-state index contributed by atoms with van der Waals surface area (Å²) in [7, 11) is 0. The second-order valence-corrected chi connectivity index (χ2v) is 3.34. The Bertz CT molecular complexity index is 292. The third-order valence-electron chi connectivity index (χ3n) is 2.16. The van der Waals surface area contributed by atoms with Crippen LogP contribution in [0.4, 0.5) is 0 Å². The minimum Gasteiger partial charge on any atom is -0.469 e. The molecule has 0 aromatic carbocycles. The van der Waals surface area contributed by atoms with Crippen LogP contribution in [0.1, 0.15) is 31.9 Å². The van der Waals surface area contributed by atoms with Gasteiger partial charge < -0.3 is 10.2 Å². The third-order valence-corrected chi connectivity index (χ3v) is 2.16. The summed E-state index contributed by atoms with van der Waals surface area (Å²) in [6.07, 6.45) is 5.47. The maximum Gasteiger partial charge on any atom is 0.103 e. The first kappa shape index (κ1) is 10.9. The molecule has 0 radical (unpaired) electrons. The summed E-state index contributed by atoms with van der Waals surface area (Å²) in [5.74, 6) is 6.90. The molecule has 0 spiro atoms. The van der Waals surface area contributed by atoms with Gasteiger partial charge in [-0.25, -0.2) is 0 Å². The highest BCUT2D eigenvalue weighted by Crippen LogP contribution is 2.07. The minimum atomic E-state index is 0.237. The molecule has 0 aliphatic heterocycles. The summed E-state index contributed by atoms with van der Waals surface area (Å²) in [6.45, 7) is 1.86. The molecule has 0 amide bonds. The SMILES string of the molecule is CC#CCCC(N)CCc1ccco1. The molecular weight excluding hydrogens is 174 g/mol. The minimum absolute atomic E-state index is 0.237. The molecule has 0 bridgehead atoms. The molecule has 0 aliphatic rings. The number of furan rings is 1. The van der Waals surface area contributed by atoms with E-state index in [4.69, 9.17) is 10.2 Å². The van der Waals surface area contributed by atoms with E-state index in [0.29, 0.717) is 0 Å². The zero-order valence-corrected chi connectivity index (χ0v) is 8.62. The van der Waals surface area contributed by atoms with Crippen LogP contribution in [0.2, 0.25) is 0 Å². The van der Waals surface area contributed by atoms with Crippen molar-refractivity contribution < 1.29 is 4.42 Å². The van der Waals surface area contributed by atoms with E-state index < -0.39 is 0 Å². The lowest BCUT2D eigenvalue weighted by molar-refractivity contribution is 0.478. The van der Waals surface area contributed by atoms with Crippen molar-refractivity contribution >= 4 is 0 Å². The summed E-state index contributed by atoms with van der Waals surface area (Å²) in [6, 6.07) is 4.13. The Labute approximate surface area is 85.5 Å². The third kappa shape index (κ3) is 4.15. The van der Waals surface area contributed by atoms with Crippen molar-refractivity contribution in [2.45, 2.75) is 38.6 Å². The van der Waals surface area contributed by atoms with Crippen molar-refractivity contribution in [2.24, 2.45) is 5.73 Å². The molecule has 1 unspecified atom stereocenters. The van der Waals surface area contributed by atoms with Crippen LogP contribution in [0.15, 0.2) is 22.8 Å². The van der Waals surface area contributed by atoms with Crippen molar-refractivity contribution in [3.05, 3.63) is 24.2 Å². The van der Waals surface area contributed by atoms with E-state index in [0.717, 1.165) is 31.4 Å². The lowest BCUT2D eigenvalue weighted by atomic mass is 10.1. The first-order valence-electron chi connectivity index (χ1n) is 5.00. The molecule has 0 aliphatic carbocycles. The van der Waals surface area contributed by atoms with Gasteiger partial charge in [-0.1, -0.05) is 0 Å². The lowest BCUT2D eigenvalue weighted by Gasteiger charge is -2.07. The quantitative estimate of drug-likeness (QED) is 0.725. The van der Waals surface area contributed by atoms with Crippen molar-refractivity contribution in [3.63, 3.8) is 0 Å². The normalized spacial score (nSPS) is 11.9.